The molecule has 4 aliphatic heterocycles. The molecule has 4 rings (SSSR count). The van der Waals surface area contributed by atoms with E-state index in [0.29, 0.717) is 0 Å². The van der Waals surface area contributed by atoms with Crippen molar-refractivity contribution in [3.8, 4) is 0 Å². The molecule has 0 radical (unpaired) electrons. The van der Waals surface area contributed by atoms with E-state index in [1.54, 1.807) is 0 Å². The number of hydrogen-bond donors (Lipinski definition) is 13. The average molecular weight is 692 g/mol. The van der Waals surface area contributed by atoms with E-state index in [4.69, 9.17) is 33.2 Å². The predicted octanol–water partition coefficient (Wildman–Crippen LogP) is -8.58. The maximum atomic E-state index is 12.5. The lowest BCUT2D eigenvalue weighted by atomic mass is 9.93. The van der Waals surface area contributed by atoms with Crippen LogP contribution in [0, 0.1) is 0 Å². The summed E-state index contributed by atoms with van der Waals surface area (Å²) >= 11 is 0. The topological polar surface area (TPSA) is 336 Å². The van der Waals surface area contributed by atoms with E-state index in [1.165, 1.54) is 6.92 Å². The first kappa shape index (κ1) is 38.5. The largest absolute Gasteiger partial charge is 0.394 e. The summed E-state index contributed by atoms with van der Waals surface area (Å²) in [7, 11) is 0. The van der Waals surface area contributed by atoms with E-state index < -0.39 is 148 Å². The number of aliphatic hydroxyl groups excluding tert-OH is 12. The smallest absolute Gasteiger partial charge is 0.217 e. The van der Waals surface area contributed by atoms with E-state index in [1.807, 2.05) is 0 Å². The molecule has 0 aromatic rings. The normalized spacial score (nSPS) is 51.0. The summed E-state index contributed by atoms with van der Waals surface area (Å²) in [6.45, 7) is -0.112. The Morgan fingerprint density at radius 2 is 1.00 bits per heavy atom. The summed E-state index contributed by atoms with van der Waals surface area (Å²) in [5.74, 6) is -0.743. The van der Waals surface area contributed by atoms with Gasteiger partial charge in [-0.05, 0) is 6.92 Å². The molecule has 21 heteroatoms. The highest BCUT2D eigenvalue weighted by Gasteiger charge is 2.56. The Morgan fingerprint density at radius 1 is 0.553 bits per heavy atom. The maximum Gasteiger partial charge on any atom is 0.217 e. The van der Waals surface area contributed by atoms with Crippen LogP contribution < -0.4 is 5.32 Å². The van der Waals surface area contributed by atoms with Gasteiger partial charge in [0.15, 0.2) is 25.2 Å². The number of aliphatic hydroxyl groups is 12. The highest BCUT2D eigenvalue weighted by Crippen LogP contribution is 2.35. The van der Waals surface area contributed by atoms with Crippen LogP contribution >= 0.6 is 0 Å². The second-order valence-corrected chi connectivity index (χ2v) is 11.9. The minimum atomic E-state index is -1.99. The molecule has 0 aromatic heterocycles. The second kappa shape index (κ2) is 16.2. The van der Waals surface area contributed by atoms with Crippen molar-refractivity contribution in [2.45, 2.75) is 137 Å². The zero-order valence-corrected chi connectivity index (χ0v) is 25.3. The number of ether oxygens (including phenoxy) is 7. The third-order valence-electron chi connectivity index (χ3n) is 8.56. The Morgan fingerprint density at radius 3 is 1.47 bits per heavy atom. The van der Waals surface area contributed by atoms with Gasteiger partial charge >= 0.3 is 0 Å². The summed E-state index contributed by atoms with van der Waals surface area (Å²) in [6, 6.07) is -1.57. The van der Waals surface area contributed by atoms with E-state index in [-0.39, 0.29) is 0 Å². The van der Waals surface area contributed by atoms with Crippen molar-refractivity contribution in [3.05, 3.63) is 0 Å². The molecule has 0 bridgehead atoms. The molecule has 21 nitrogen and oxygen atoms in total. The van der Waals surface area contributed by atoms with Gasteiger partial charge in [-0.15, -0.1) is 0 Å². The fraction of sp³-hybridized carbons (Fsp3) is 0.962. The zero-order valence-electron chi connectivity index (χ0n) is 25.3. The third-order valence-corrected chi connectivity index (χ3v) is 8.56. The number of amides is 1. The second-order valence-electron chi connectivity index (χ2n) is 11.9. The molecule has 0 saturated carbocycles. The Kier molecular flexibility index (Phi) is 13.2. The summed E-state index contributed by atoms with van der Waals surface area (Å²) in [5.41, 5.74) is 0. The lowest BCUT2D eigenvalue weighted by Crippen LogP contribution is -2.71. The van der Waals surface area contributed by atoms with E-state index >= 15 is 0 Å². The first-order chi connectivity index (χ1) is 22.1. The molecular formula is C26H45NO20. The Labute approximate surface area is 267 Å². The highest BCUT2D eigenvalue weighted by molar-refractivity contribution is 5.73. The number of nitrogens with one attached hydrogen (secondary N) is 1. The number of carbonyl (C=O) groups is 1. The highest BCUT2D eigenvalue weighted by atomic mass is 16.8. The van der Waals surface area contributed by atoms with Crippen LogP contribution in [-0.4, -0.2) is 210 Å². The van der Waals surface area contributed by atoms with E-state index in [0.717, 1.165) is 6.92 Å². The van der Waals surface area contributed by atoms with Crippen LogP contribution in [-0.2, 0) is 38.0 Å². The molecule has 4 saturated heterocycles. The molecule has 4 fully saturated rings. The molecule has 20 atom stereocenters. The van der Waals surface area contributed by atoms with Crippen molar-refractivity contribution < 1.29 is 99.2 Å². The van der Waals surface area contributed by atoms with Gasteiger partial charge in [-0.2, -0.15) is 0 Å². The summed E-state index contributed by atoms with van der Waals surface area (Å²) in [5, 5.41) is 125. The van der Waals surface area contributed by atoms with Gasteiger partial charge in [0.1, 0.15) is 91.5 Å². The van der Waals surface area contributed by atoms with Crippen LogP contribution in [0.1, 0.15) is 13.8 Å². The number of rotatable bonds is 10. The maximum absolute atomic E-state index is 12.5. The van der Waals surface area contributed by atoms with Crippen molar-refractivity contribution in [1.82, 2.24) is 5.32 Å². The molecule has 0 spiro atoms. The zero-order chi connectivity index (χ0) is 34.9. The van der Waals surface area contributed by atoms with Gasteiger partial charge in [0.2, 0.25) is 5.91 Å². The van der Waals surface area contributed by atoms with Crippen LogP contribution in [0.15, 0.2) is 0 Å². The average Bonchev–Trinajstić information content (AvgIpc) is 3.03. The number of carbonyl (C=O) groups excluding carboxylic acids is 1. The van der Waals surface area contributed by atoms with Gasteiger partial charge in [0, 0.05) is 6.92 Å². The van der Waals surface area contributed by atoms with Gasteiger partial charge < -0.3 is 99.8 Å². The Bertz CT molecular complexity index is 1010. The van der Waals surface area contributed by atoms with Crippen molar-refractivity contribution in [2.75, 3.05) is 19.8 Å². The quantitative estimate of drug-likeness (QED) is 0.101. The molecule has 1 amide bonds. The van der Waals surface area contributed by atoms with Gasteiger partial charge in [-0.1, -0.05) is 0 Å². The summed E-state index contributed by atoms with van der Waals surface area (Å²) in [6.07, 6.45) is -32.5. The van der Waals surface area contributed by atoms with Gasteiger partial charge in [-0.25, -0.2) is 0 Å². The molecular weight excluding hydrogens is 646 g/mol. The Hall–Kier alpha value is -1.29. The van der Waals surface area contributed by atoms with Crippen LogP contribution in [0.5, 0.6) is 0 Å². The fourth-order valence-corrected chi connectivity index (χ4v) is 5.91. The lowest BCUT2D eigenvalue weighted by Gasteiger charge is -2.51. The fourth-order valence-electron chi connectivity index (χ4n) is 5.91. The molecule has 0 aromatic carbocycles. The van der Waals surface area contributed by atoms with Crippen molar-refractivity contribution >= 4 is 5.91 Å². The molecule has 1 unspecified atom stereocenters. The summed E-state index contributed by atoms with van der Waals surface area (Å²) in [4.78, 5) is 12.5. The van der Waals surface area contributed by atoms with Crippen LogP contribution in [0.3, 0.4) is 0 Å². The van der Waals surface area contributed by atoms with Crippen molar-refractivity contribution in [1.29, 1.82) is 0 Å². The standard InChI is InChI=1S/C26H45NO20/c1-6-20(16(36)17(37)23(40)41-6)45-24-11(27-7(2)31)22(47-26-19(39)15(35)13(33)9(4-29)43-26)21(10(5-30)44-24)46-25-18(38)14(34)12(32)8(3-28)42-25/h6,8-26,28-30,32-40H,3-5H2,1-2H3,(H,27,31)/t6-,8+,9+,10+,11+,12-,13-,14-,15-,16-,17+,18+,19+,20-,21-,22+,23?,24-,25-,26-/m0/s1. The van der Waals surface area contributed by atoms with E-state index in [9.17, 15) is 66.1 Å². The first-order valence-electron chi connectivity index (χ1n) is 15.0. The summed E-state index contributed by atoms with van der Waals surface area (Å²) < 4.78 is 39.8. The molecule has 274 valence electrons. The Balaban J connectivity index is 1.73. The molecule has 13 N–H and O–H groups in total. The van der Waals surface area contributed by atoms with Gasteiger partial charge in [0.05, 0.1) is 25.9 Å². The third kappa shape index (κ3) is 8.04. The first-order valence-corrected chi connectivity index (χ1v) is 15.0. The molecule has 47 heavy (non-hydrogen) atoms. The van der Waals surface area contributed by atoms with Crippen LogP contribution in [0.25, 0.3) is 0 Å². The predicted molar refractivity (Wildman–Crippen MR) is 144 cm³/mol. The number of hydrogen-bond acceptors (Lipinski definition) is 20. The van der Waals surface area contributed by atoms with Crippen molar-refractivity contribution in [2.24, 2.45) is 0 Å². The van der Waals surface area contributed by atoms with Gasteiger partial charge in [0.25, 0.3) is 0 Å². The molecule has 4 aliphatic rings. The van der Waals surface area contributed by atoms with Gasteiger partial charge in [-0.3, -0.25) is 4.79 Å². The van der Waals surface area contributed by atoms with Crippen LogP contribution in [0.2, 0.25) is 0 Å². The minimum Gasteiger partial charge on any atom is -0.394 e. The molecule has 0 aliphatic carbocycles. The molecule has 4 heterocycles. The van der Waals surface area contributed by atoms with Crippen molar-refractivity contribution in [3.63, 3.8) is 0 Å². The van der Waals surface area contributed by atoms with Crippen LogP contribution in [0.4, 0.5) is 0 Å². The monoisotopic (exact) mass is 691 g/mol. The SMILES string of the molecule is CC(=O)N[C@H]1[C@H](O[C@@H]2[C@@H](O)[C@@H](O)C(O)O[C@H]2C)O[C@H](CO)[C@H](O[C@@H]2O[C@H](CO)[C@H](O)[C@H](O)[C@H]2O)[C@@H]1O[C@@H]1O[C@H](CO)[C@H](O)[C@H](O)[C@H]1O. The van der Waals surface area contributed by atoms with E-state index in [2.05, 4.69) is 5.32 Å². The minimum absolute atomic E-state index is 0.743. The lowest BCUT2D eigenvalue weighted by molar-refractivity contribution is -0.384.